The lowest BCUT2D eigenvalue weighted by Crippen LogP contribution is -2.43. The fourth-order valence-electron chi connectivity index (χ4n) is 6.99. The van der Waals surface area contributed by atoms with Gasteiger partial charge in [-0.3, -0.25) is 9.89 Å². The maximum atomic E-state index is 13.9. The number of fused-ring (bicyclic) bond motifs is 2. The van der Waals surface area contributed by atoms with Gasteiger partial charge in [-0.05, 0) is 99.2 Å². The number of nitrogens with one attached hydrogen (secondary N) is 1. The maximum absolute atomic E-state index is 13.9. The summed E-state index contributed by atoms with van der Waals surface area (Å²) in [5, 5.41) is 29.3. The van der Waals surface area contributed by atoms with Crippen LogP contribution in [0.15, 0.2) is 42.6 Å². The Hall–Kier alpha value is -3.23. The number of hydrogen-bond acceptors (Lipinski definition) is 4. The summed E-state index contributed by atoms with van der Waals surface area (Å²) in [6.07, 6.45) is 6.53. The molecule has 7 nitrogen and oxygen atoms in total. The molecule has 0 amide bonds. The average Bonchev–Trinajstić information content (AvgIpc) is 3.46. The van der Waals surface area contributed by atoms with Crippen LogP contribution in [0.5, 0.6) is 0 Å². The van der Waals surface area contributed by atoms with Gasteiger partial charge in [-0.15, -0.1) is 0 Å². The first-order valence-electron chi connectivity index (χ1n) is 13.6. The molecule has 1 saturated carbocycles. The SMILES string of the molecule is C[C@H](O)C[C@]1(CCc2c(C3CCOCC3)n(-c3ccc(F)cc3)c3cc4cn[nH]c4cc23)C[C@H](C(=O)O)C1. The van der Waals surface area contributed by atoms with Gasteiger partial charge in [0.15, 0.2) is 0 Å². The second-order valence-corrected chi connectivity index (χ2v) is 11.4. The summed E-state index contributed by atoms with van der Waals surface area (Å²) in [6.45, 7) is 3.19. The summed E-state index contributed by atoms with van der Waals surface area (Å²) >= 11 is 0. The quantitative estimate of drug-likeness (QED) is 0.276. The number of aliphatic carboxylic acids is 1. The number of carboxylic acid groups (broad SMARTS) is 1. The Morgan fingerprint density at radius 1 is 1.24 bits per heavy atom. The second kappa shape index (κ2) is 9.82. The van der Waals surface area contributed by atoms with Crippen LogP contribution < -0.4 is 0 Å². The maximum Gasteiger partial charge on any atom is 0.306 e. The molecule has 38 heavy (non-hydrogen) atoms. The van der Waals surface area contributed by atoms with Gasteiger partial charge in [0.25, 0.3) is 0 Å². The number of carbonyl (C=O) groups is 1. The van der Waals surface area contributed by atoms with E-state index in [1.54, 1.807) is 6.92 Å². The van der Waals surface area contributed by atoms with E-state index >= 15 is 0 Å². The van der Waals surface area contributed by atoms with E-state index in [1.165, 1.54) is 23.4 Å². The summed E-state index contributed by atoms with van der Waals surface area (Å²) in [5.74, 6) is -1.07. The third-order valence-electron chi connectivity index (χ3n) is 8.71. The van der Waals surface area contributed by atoms with Crippen LogP contribution in [-0.2, 0) is 16.0 Å². The zero-order valence-corrected chi connectivity index (χ0v) is 21.6. The van der Waals surface area contributed by atoms with E-state index in [2.05, 4.69) is 26.9 Å². The van der Waals surface area contributed by atoms with Crippen molar-refractivity contribution in [3.63, 3.8) is 0 Å². The number of benzene rings is 2. The van der Waals surface area contributed by atoms with Gasteiger partial charge < -0.3 is 19.5 Å². The van der Waals surface area contributed by atoms with Crippen LogP contribution in [0.25, 0.3) is 27.5 Å². The van der Waals surface area contributed by atoms with Crippen molar-refractivity contribution in [2.75, 3.05) is 13.2 Å². The minimum absolute atomic E-state index is 0.188. The highest BCUT2D eigenvalue weighted by molar-refractivity contribution is 5.98. The fourth-order valence-corrected chi connectivity index (χ4v) is 6.99. The number of halogens is 1. The van der Waals surface area contributed by atoms with Gasteiger partial charge in [0.2, 0.25) is 0 Å². The Labute approximate surface area is 220 Å². The van der Waals surface area contributed by atoms with Crippen molar-refractivity contribution in [1.29, 1.82) is 0 Å². The summed E-state index contributed by atoms with van der Waals surface area (Å²) < 4.78 is 21.9. The molecule has 2 aromatic heterocycles. The number of nitrogens with zero attached hydrogens (tertiary/aromatic N) is 2. The Morgan fingerprint density at radius 3 is 2.66 bits per heavy atom. The number of aliphatic hydroxyl groups excluding tert-OH is 1. The number of aliphatic hydroxyl groups is 1. The molecule has 2 aliphatic rings. The number of hydrogen-bond donors (Lipinski definition) is 3. The number of ether oxygens (including phenoxy) is 1. The van der Waals surface area contributed by atoms with Crippen LogP contribution in [0.4, 0.5) is 4.39 Å². The summed E-state index contributed by atoms with van der Waals surface area (Å²) in [4.78, 5) is 11.6. The molecule has 0 radical (unpaired) electrons. The Morgan fingerprint density at radius 2 is 1.97 bits per heavy atom. The molecule has 2 aromatic carbocycles. The lowest BCUT2D eigenvalue weighted by molar-refractivity contribution is -0.152. The van der Waals surface area contributed by atoms with Crippen molar-refractivity contribution in [3.05, 3.63) is 59.7 Å². The molecule has 0 spiro atoms. The molecule has 1 aliphatic carbocycles. The molecule has 200 valence electrons. The predicted molar refractivity (Wildman–Crippen MR) is 143 cm³/mol. The highest BCUT2D eigenvalue weighted by Gasteiger charge is 2.47. The van der Waals surface area contributed by atoms with E-state index in [1.807, 2.05) is 18.3 Å². The molecule has 1 saturated heterocycles. The first kappa shape index (κ1) is 25.1. The Balaban J connectivity index is 1.50. The van der Waals surface area contributed by atoms with Gasteiger partial charge in [-0.2, -0.15) is 5.10 Å². The number of carboxylic acids is 1. The van der Waals surface area contributed by atoms with E-state index in [0.29, 0.717) is 32.5 Å². The average molecular weight is 520 g/mol. The monoisotopic (exact) mass is 519 g/mol. The van der Waals surface area contributed by atoms with E-state index in [0.717, 1.165) is 53.2 Å². The van der Waals surface area contributed by atoms with Gasteiger partial charge in [-0.25, -0.2) is 4.39 Å². The molecule has 3 N–H and O–H groups in total. The van der Waals surface area contributed by atoms with E-state index in [9.17, 15) is 19.4 Å². The minimum atomic E-state index is -0.747. The third-order valence-corrected chi connectivity index (χ3v) is 8.71. The van der Waals surface area contributed by atoms with Crippen molar-refractivity contribution >= 4 is 27.8 Å². The summed E-state index contributed by atoms with van der Waals surface area (Å²) in [5.41, 5.74) is 5.23. The van der Waals surface area contributed by atoms with E-state index in [-0.39, 0.29) is 23.1 Å². The standard InChI is InChI=1S/C30H34FN3O4/c1-18(35)14-30(15-21(16-30)29(36)37)9-6-24-25-13-26-20(17-32-33-26)12-27(25)34(23-4-2-22(31)3-5-23)28(24)19-7-10-38-11-8-19/h2-5,12-13,17-19,21,35H,6-11,14-16H2,1H3,(H,32,33)(H,36,37)/t18-,21-,30+/m0/s1. The molecule has 0 unspecified atom stereocenters. The number of H-pyrrole nitrogens is 1. The van der Waals surface area contributed by atoms with E-state index < -0.39 is 12.1 Å². The molecular formula is C30H34FN3O4. The van der Waals surface area contributed by atoms with Crippen molar-refractivity contribution in [3.8, 4) is 5.69 Å². The van der Waals surface area contributed by atoms with Crippen LogP contribution >= 0.6 is 0 Å². The van der Waals surface area contributed by atoms with Gasteiger partial charge in [0.05, 0.1) is 29.3 Å². The molecule has 1 aliphatic heterocycles. The van der Waals surface area contributed by atoms with Crippen LogP contribution in [0.2, 0.25) is 0 Å². The van der Waals surface area contributed by atoms with Crippen LogP contribution in [0.3, 0.4) is 0 Å². The zero-order chi connectivity index (χ0) is 26.4. The van der Waals surface area contributed by atoms with Gasteiger partial charge >= 0.3 is 5.97 Å². The normalized spacial score (nSPS) is 23.1. The first-order valence-corrected chi connectivity index (χ1v) is 13.6. The molecule has 6 rings (SSSR count). The Bertz CT molecular complexity index is 1460. The van der Waals surface area contributed by atoms with Gasteiger partial charge in [0, 0.05) is 41.3 Å². The summed E-state index contributed by atoms with van der Waals surface area (Å²) in [7, 11) is 0. The van der Waals surface area contributed by atoms with Gasteiger partial charge in [-0.1, -0.05) is 0 Å². The largest absolute Gasteiger partial charge is 0.481 e. The minimum Gasteiger partial charge on any atom is -0.481 e. The topological polar surface area (TPSA) is 100 Å². The van der Waals surface area contributed by atoms with Crippen molar-refractivity contribution in [2.24, 2.45) is 11.3 Å². The van der Waals surface area contributed by atoms with Crippen LogP contribution in [0, 0.1) is 17.2 Å². The molecule has 3 heterocycles. The Kier molecular flexibility index (Phi) is 6.48. The number of aryl methyl sites for hydroxylation is 1. The lowest BCUT2D eigenvalue weighted by Gasteiger charge is -2.47. The predicted octanol–water partition coefficient (Wildman–Crippen LogP) is 5.72. The smallest absolute Gasteiger partial charge is 0.306 e. The highest BCUT2D eigenvalue weighted by atomic mass is 19.1. The van der Waals surface area contributed by atoms with Crippen molar-refractivity contribution < 1.29 is 24.1 Å². The lowest BCUT2D eigenvalue weighted by atomic mass is 9.57. The molecule has 8 heteroatoms. The zero-order valence-electron chi connectivity index (χ0n) is 21.6. The molecule has 4 aromatic rings. The molecule has 1 atom stereocenters. The number of aromatic nitrogens is 3. The fraction of sp³-hybridized carbons (Fsp3) is 0.467. The third kappa shape index (κ3) is 4.50. The second-order valence-electron chi connectivity index (χ2n) is 11.4. The molecular weight excluding hydrogens is 485 g/mol. The molecule has 0 bridgehead atoms. The van der Waals surface area contributed by atoms with Crippen LogP contribution in [0.1, 0.15) is 62.6 Å². The number of rotatable bonds is 8. The highest BCUT2D eigenvalue weighted by Crippen LogP contribution is 2.53. The summed E-state index contributed by atoms with van der Waals surface area (Å²) in [6, 6.07) is 11.0. The van der Waals surface area contributed by atoms with Gasteiger partial charge in [0.1, 0.15) is 5.82 Å². The van der Waals surface area contributed by atoms with Crippen molar-refractivity contribution in [2.45, 2.75) is 63.9 Å². The van der Waals surface area contributed by atoms with Crippen molar-refractivity contribution in [1.82, 2.24) is 14.8 Å². The number of aromatic amines is 1. The van der Waals surface area contributed by atoms with Crippen LogP contribution in [-0.4, -0.2) is 50.3 Å². The molecule has 2 fully saturated rings. The van der Waals surface area contributed by atoms with E-state index in [4.69, 9.17) is 4.74 Å². The first-order chi connectivity index (χ1) is 18.3.